The first-order chi connectivity index (χ1) is 14.9. The van der Waals surface area contributed by atoms with E-state index in [1.165, 1.54) is 13.8 Å². The SMILES string of the molecule is CC(C)CC(N)C(=O)NC(Cc1ccccc1)C(=O)NC(C(=O)NC(C)C(=O)O)C(C)O. The van der Waals surface area contributed by atoms with Crippen molar-refractivity contribution in [1.82, 2.24) is 16.0 Å². The molecule has 0 aromatic heterocycles. The van der Waals surface area contributed by atoms with Gasteiger partial charge in [0.2, 0.25) is 17.7 Å². The summed E-state index contributed by atoms with van der Waals surface area (Å²) in [6.45, 7) is 6.39. The van der Waals surface area contributed by atoms with Crippen LogP contribution in [0.2, 0.25) is 0 Å². The summed E-state index contributed by atoms with van der Waals surface area (Å²) >= 11 is 0. The quantitative estimate of drug-likeness (QED) is 0.250. The molecular weight excluding hydrogens is 416 g/mol. The highest BCUT2D eigenvalue weighted by molar-refractivity contribution is 5.94. The Kier molecular flexibility index (Phi) is 10.8. The van der Waals surface area contributed by atoms with E-state index in [2.05, 4.69) is 16.0 Å². The van der Waals surface area contributed by atoms with Gasteiger partial charge in [-0.1, -0.05) is 44.2 Å². The van der Waals surface area contributed by atoms with Crippen molar-refractivity contribution in [3.63, 3.8) is 0 Å². The van der Waals surface area contributed by atoms with Crippen molar-refractivity contribution in [3.05, 3.63) is 35.9 Å². The highest BCUT2D eigenvalue weighted by Crippen LogP contribution is 2.07. The molecule has 0 bridgehead atoms. The fourth-order valence-electron chi connectivity index (χ4n) is 2.98. The second-order valence-corrected chi connectivity index (χ2v) is 8.28. The van der Waals surface area contributed by atoms with Crippen molar-refractivity contribution >= 4 is 23.7 Å². The van der Waals surface area contributed by atoms with Gasteiger partial charge in [0, 0.05) is 6.42 Å². The van der Waals surface area contributed by atoms with E-state index in [9.17, 15) is 24.3 Å². The summed E-state index contributed by atoms with van der Waals surface area (Å²) in [4.78, 5) is 48.9. The number of hydrogen-bond acceptors (Lipinski definition) is 6. The first-order valence-electron chi connectivity index (χ1n) is 10.5. The zero-order chi connectivity index (χ0) is 24.4. The molecule has 178 valence electrons. The van der Waals surface area contributed by atoms with E-state index in [0.29, 0.717) is 6.42 Å². The molecule has 0 heterocycles. The van der Waals surface area contributed by atoms with E-state index in [-0.39, 0.29) is 12.3 Å². The number of aliphatic carboxylic acids is 1. The maximum absolute atomic E-state index is 13.0. The third-order valence-electron chi connectivity index (χ3n) is 4.77. The summed E-state index contributed by atoms with van der Waals surface area (Å²) in [6.07, 6.45) is -0.750. The number of aliphatic hydroxyl groups excluding tert-OH is 1. The highest BCUT2D eigenvalue weighted by atomic mass is 16.4. The third kappa shape index (κ3) is 9.03. The molecule has 0 aliphatic rings. The van der Waals surface area contributed by atoms with Crippen LogP contribution in [0.3, 0.4) is 0 Å². The summed E-state index contributed by atoms with van der Waals surface area (Å²) in [7, 11) is 0. The normalized spacial score (nSPS) is 15.7. The number of carbonyl (C=O) groups is 4. The Bertz CT molecular complexity index is 784. The minimum absolute atomic E-state index is 0.131. The van der Waals surface area contributed by atoms with Crippen LogP contribution in [0.1, 0.15) is 39.7 Å². The number of rotatable bonds is 12. The molecule has 0 saturated carbocycles. The fourth-order valence-corrected chi connectivity index (χ4v) is 2.98. The van der Waals surface area contributed by atoms with Crippen molar-refractivity contribution in [2.75, 3.05) is 0 Å². The van der Waals surface area contributed by atoms with Crippen molar-refractivity contribution in [2.45, 2.75) is 70.8 Å². The van der Waals surface area contributed by atoms with Gasteiger partial charge in [-0.2, -0.15) is 0 Å². The largest absolute Gasteiger partial charge is 0.480 e. The molecular formula is C22H34N4O6. The Morgan fingerprint density at radius 3 is 2.00 bits per heavy atom. The van der Waals surface area contributed by atoms with Crippen molar-refractivity contribution in [3.8, 4) is 0 Å². The van der Waals surface area contributed by atoms with Gasteiger partial charge in [-0.25, -0.2) is 0 Å². The Morgan fingerprint density at radius 2 is 1.50 bits per heavy atom. The molecule has 32 heavy (non-hydrogen) atoms. The van der Waals surface area contributed by atoms with E-state index in [4.69, 9.17) is 10.8 Å². The van der Waals surface area contributed by atoms with Gasteiger partial charge in [-0.15, -0.1) is 0 Å². The minimum Gasteiger partial charge on any atom is -0.480 e. The Balaban J connectivity index is 3.02. The topological polar surface area (TPSA) is 171 Å². The van der Waals surface area contributed by atoms with Gasteiger partial charge in [0.1, 0.15) is 18.1 Å². The van der Waals surface area contributed by atoms with Crippen LogP contribution in [-0.4, -0.2) is 64.2 Å². The Hall–Kier alpha value is -2.98. The molecule has 1 rings (SSSR count). The molecule has 0 spiro atoms. The first kappa shape index (κ1) is 27.1. The van der Waals surface area contributed by atoms with Gasteiger partial charge in [-0.05, 0) is 31.7 Å². The van der Waals surface area contributed by atoms with Crippen molar-refractivity contribution in [1.29, 1.82) is 0 Å². The van der Waals surface area contributed by atoms with Crippen LogP contribution >= 0.6 is 0 Å². The molecule has 10 nitrogen and oxygen atoms in total. The van der Waals surface area contributed by atoms with Gasteiger partial charge in [0.15, 0.2) is 0 Å². The number of carboxylic acid groups (broad SMARTS) is 1. The second kappa shape index (κ2) is 12.8. The number of benzene rings is 1. The van der Waals surface area contributed by atoms with Crippen LogP contribution in [0, 0.1) is 5.92 Å². The lowest BCUT2D eigenvalue weighted by molar-refractivity contribution is -0.142. The molecule has 5 atom stereocenters. The Morgan fingerprint density at radius 1 is 0.906 bits per heavy atom. The Labute approximate surface area is 187 Å². The molecule has 10 heteroatoms. The monoisotopic (exact) mass is 450 g/mol. The van der Waals surface area contributed by atoms with Crippen LogP contribution in [0.15, 0.2) is 30.3 Å². The van der Waals surface area contributed by atoms with Crippen molar-refractivity contribution < 1.29 is 29.4 Å². The second-order valence-electron chi connectivity index (χ2n) is 8.28. The van der Waals surface area contributed by atoms with Crippen LogP contribution in [0.25, 0.3) is 0 Å². The molecule has 0 aliphatic carbocycles. The highest BCUT2D eigenvalue weighted by Gasteiger charge is 2.32. The van der Waals surface area contributed by atoms with E-state index in [1.807, 2.05) is 19.9 Å². The summed E-state index contributed by atoms with van der Waals surface area (Å²) in [5, 5.41) is 26.2. The van der Waals surface area contributed by atoms with Crippen LogP contribution in [-0.2, 0) is 25.6 Å². The van der Waals surface area contributed by atoms with Gasteiger partial charge < -0.3 is 31.9 Å². The van der Waals surface area contributed by atoms with Crippen LogP contribution in [0.5, 0.6) is 0 Å². The van der Waals surface area contributed by atoms with Gasteiger partial charge in [0.25, 0.3) is 0 Å². The summed E-state index contributed by atoms with van der Waals surface area (Å²) in [5.41, 5.74) is 6.70. The number of hydrogen-bond donors (Lipinski definition) is 6. The van der Waals surface area contributed by atoms with Gasteiger partial charge >= 0.3 is 5.97 Å². The molecule has 1 aromatic carbocycles. The number of amides is 3. The summed E-state index contributed by atoms with van der Waals surface area (Å²) < 4.78 is 0. The average molecular weight is 451 g/mol. The van der Waals surface area contributed by atoms with E-state index < -0.39 is 54.0 Å². The summed E-state index contributed by atoms with van der Waals surface area (Å²) in [6, 6.07) is 4.46. The molecule has 5 unspecified atom stereocenters. The molecule has 7 N–H and O–H groups in total. The summed E-state index contributed by atoms with van der Waals surface area (Å²) in [5.74, 6) is -3.15. The number of nitrogens with two attached hydrogens (primary N) is 1. The van der Waals surface area contributed by atoms with Gasteiger partial charge in [-0.3, -0.25) is 19.2 Å². The fraction of sp³-hybridized carbons (Fsp3) is 0.545. The maximum atomic E-state index is 13.0. The zero-order valence-electron chi connectivity index (χ0n) is 18.9. The maximum Gasteiger partial charge on any atom is 0.325 e. The lowest BCUT2D eigenvalue weighted by Crippen LogP contribution is -2.60. The number of aliphatic hydroxyl groups is 1. The molecule has 0 radical (unpaired) electrons. The number of carbonyl (C=O) groups excluding carboxylic acids is 3. The zero-order valence-corrected chi connectivity index (χ0v) is 18.9. The lowest BCUT2D eigenvalue weighted by atomic mass is 10.0. The molecule has 0 saturated heterocycles. The average Bonchev–Trinajstić information content (AvgIpc) is 2.70. The predicted molar refractivity (Wildman–Crippen MR) is 118 cm³/mol. The number of nitrogens with one attached hydrogen (secondary N) is 3. The van der Waals surface area contributed by atoms with E-state index in [1.54, 1.807) is 24.3 Å². The molecule has 3 amide bonds. The third-order valence-corrected chi connectivity index (χ3v) is 4.77. The predicted octanol–water partition coefficient (Wildman–Crippen LogP) is -0.458. The standard InChI is InChI=1S/C22H34N4O6/c1-12(2)10-16(23)19(28)25-17(11-15-8-6-5-7-9-15)20(29)26-18(14(4)27)21(30)24-13(3)22(31)32/h5-9,12-14,16-18,27H,10-11,23H2,1-4H3,(H,24,30)(H,25,28)(H,26,29)(H,31,32). The van der Waals surface area contributed by atoms with Crippen LogP contribution in [0.4, 0.5) is 0 Å². The smallest absolute Gasteiger partial charge is 0.325 e. The molecule has 0 fully saturated rings. The van der Waals surface area contributed by atoms with Crippen LogP contribution < -0.4 is 21.7 Å². The number of carboxylic acids is 1. The van der Waals surface area contributed by atoms with Gasteiger partial charge in [0.05, 0.1) is 12.1 Å². The first-order valence-corrected chi connectivity index (χ1v) is 10.5. The van der Waals surface area contributed by atoms with Crippen molar-refractivity contribution in [2.24, 2.45) is 11.7 Å². The molecule has 1 aromatic rings. The minimum atomic E-state index is -1.41. The molecule has 0 aliphatic heterocycles. The van der Waals surface area contributed by atoms with E-state index in [0.717, 1.165) is 5.56 Å². The lowest BCUT2D eigenvalue weighted by Gasteiger charge is -2.26. The van der Waals surface area contributed by atoms with E-state index >= 15 is 0 Å².